The molecule has 0 amide bonds. The third-order valence-electron chi connectivity index (χ3n) is 3.93. The summed E-state index contributed by atoms with van der Waals surface area (Å²) < 4.78 is 0. The van der Waals surface area contributed by atoms with E-state index in [0.29, 0.717) is 22.7 Å². The zero-order chi connectivity index (χ0) is 13.1. The van der Waals surface area contributed by atoms with Crippen LogP contribution >= 0.6 is 11.6 Å². The molecule has 0 aliphatic heterocycles. The molecule has 2 atom stereocenters. The highest BCUT2D eigenvalue weighted by molar-refractivity contribution is 6.30. The lowest BCUT2D eigenvalue weighted by molar-refractivity contribution is 0.279. The number of hydrogen-bond donors (Lipinski definition) is 1. The third-order valence-corrected chi connectivity index (χ3v) is 4.25. The van der Waals surface area contributed by atoms with E-state index in [1.165, 1.54) is 32.0 Å². The van der Waals surface area contributed by atoms with Crippen LogP contribution in [0.1, 0.15) is 38.2 Å². The molecule has 100 valence electrons. The molecular formula is C13H20ClN3O. The first-order chi connectivity index (χ1) is 8.65. The summed E-state index contributed by atoms with van der Waals surface area (Å²) in [6, 6.07) is 0.468. The molecule has 4 nitrogen and oxygen atoms in total. The topological polar surface area (TPSA) is 49.2 Å². The lowest BCUT2D eigenvalue weighted by atomic mass is 9.85. The average Bonchev–Trinajstić information content (AvgIpc) is 2.38. The Morgan fingerprint density at radius 3 is 2.78 bits per heavy atom. The number of anilines is 1. The maximum absolute atomic E-state index is 9.42. The van der Waals surface area contributed by atoms with E-state index < -0.39 is 0 Å². The maximum atomic E-state index is 9.42. The molecule has 1 aliphatic carbocycles. The Hall–Kier alpha value is -0.870. The van der Waals surface area contributed by atoms with Crippen LogP contribution < -0.4 is 4.90 Å². The number of halogens is 1. The Morgan fingerprint density at radius 1 is 1.39 bits per heavy atom. The van der Waals surface area contributed by atoms with E-state index >= 15 is 0 Å². The summed E-state index contributed by atoms with van der Waals surface area (Å²) >= 11 is 6.01. The minimum atomic E-state index is -0.125. The minimum Gasteiger partial charge on any atom is -0.391 e. The number of rotatable bonds is 3. The molecule has 1 aromatic heterocycles. The number of nitrogens with zero attached hydrogens (tertiary/aromatic N) is 3. The van der Waals surface area contributed by atoms with Crippen LogP contribution in [-0.4, -0.2) is 28.2 Å². The highest BCUT2D eigenvalue weighted by Crippen LogP contribution is 2.32. The Labute approximate surface area is 113 Å². The van der Waals surface area contributed by atoms with Crippen molar-refractivity contribution in [2.45, 2.75) is 45.3 Å². The monoisotopic (exact) mass is 269 g/mol. The summed E-state index contributed by atoms with van der Waals surface area (Å²) in [7, 11) is 2.03. The summed E-state index contributed by atoms with van der Waals surface area (Å²) in [5.41, 5.74) is 0.624. The first-order valence-corrected chi connectivity index (χ1v) is 6.86. The van der Waals surface area contributed by atoms with Crippen molar-refractivity contribution >= 4 is 17.4 Å². The first-order valence-electron chi connectivity index (χ1n) is 6.48. The van der Waals surface area contributed by atoms with Crippen molar-refractivity contribution in [1.29, 1.82) is 0 Å². The highest BCUT2D eigenvalue weighted by atomic mass is 35.5. The van der Waals surface area contributed by atoms with Gasteiger partial charge in [0, 0.05) is 13.1 Å². The molecule has 0 radical (unpaired) electrons. The van der Waals surface area contributed by atoms with Gasteiger partial charge in [-0.25, -0.2) is 9.97 Å². The Morgan fingerprint density at radius 2 is 2.11 bits per heavy atom. The Balaban J connectivity index is 2.27. The van der Waals surface area contributed by atoms with Gasteiger partial charge in [-0.2, -0.15) is 0 Å². The van der Waals surface area contributed by atoms with Crippen LogP contribution in [0.3, 0.4) is 0 Å². The molecular weight excluding hydrogens is 250 g/mol. The van der Waals surface area contributed by atoms with Gasteiger partial charge in [-0.05, 0) is 18.8 Å². The summed E-state index contributed by atoms with van der Waals surface area (Å²) in [5.74, 6) is 1.40. The van der Waals surface area contributed by atoms with Crippen molar-refractivity contribution in [3.63, 3.8) is 0 Å². The molecule has 1 saturated carbocycles. The molecule has 2 rings (SSSR count). The molecule has 2 unspecified atom stereocenters. The zero-order valence-corrected chi connectivity index (χ0v) is 11.7. The molecule has 0 aromatic carbocycles. The van der Waals surface area contributed by atoms with Gasteiger partial charge in [0.2, 0.25) is 0 Å². The molecule has 18 heavy (non-hydrogen) atoms. The minimum absolute atomic E-state index is 0.125. The van der Waals surface area contributed by atoms with Gasteiger partial charge in [-0.1, -0.05) is 31.4 Å². The quantitative estimate of drug-likeness (QED) is 0.857. The molecule has 1 aliphatic rings. The summed E-state index contributed by atoms with van der Waals surface area (Å²) in [6.45, 7) is 2.15. The molecule has 0 spiro atoms. The van der Waals surface area contributed by atoms with Gasteiger partial charge in [0.25, 0.3) is 0 Å². The molecule has 0 saturated heterocycles. The molecule has 1 fully saturated rings. The van der Waals surface area contributed by atoms with Crippen LogP contribution in [0.25, 0.3) is 0 Å². The van der Waals surface area contributed by atoms with Crippen LogP contribution in [0.5, 0.6) is 0 Å². The molecule has 1 heterocycles. The van der Waals surface area contributed by atoms with Crippen LogP contribution in [0.15, 0.2) is 6.33 Å². The molecule has 0 bridgehead atoms. The van der Waals surface area contributed by atoms with Gasteiger partial charge >= 0.3 is 0 Å². The van der Waals surface area contributed by atoms with E-state index in [9.17, 15) is 5.11 Å². The third kappa shape index (κ3) is 2.59. The van der Waals surface area contributed by atoms with Crippen molar-refractivity contribution < 1.29 is 5.11 Å². The predicted octanol–water partition coefficient (Wildman–Crippen LogP) is 2.64. The van der Waals surface area contributed by atoms with Gasteiger partial charge < -0.3 is 10.0 Å². The fourth-order valence-electron chi connectivity index (χ4n) is 2.85. The van der Waals surface area contributed by atoms with E-state index in [1.807, 2.05) is 7.05 Å². The summed E-state index contributed by atoms with van der Waals surface area (Å²) in [4.78, 5) is 10.4. The van der Waals surface area contributed by atoms with Gasteiger partial charge in [0.1, 0.15) is 17.3 Å². The van der Waals surface area contributed by atoms with Crippen molar-refractivity contribution in [2.24, 2.45) is 5.92 Å². The highest BCUT2D eigenvalue weighted by Gasteiger charge is 2.27. The standard InChI is InChI=1S/C13H20ClN3O/c1-9-5-3-4-6-11(9)17(2)13-10(7-18)12(14)15-8-16-13/h8-9,11,18H,3-7H2,1-2H3. The Bertz CT molecular complexity index is 413. The SMILES string of the molecule is CC1CCCCC1N(C)c1ncnc(Cl)c1CO. The van der Waals surface area contributed by atoms with Gasteiger partial charge in [-0.15, -0.1) is 0 Å². The fourth-order valence-corrected chi connectivity index (χ4v) is 3.04. The fraction of sp³-hybridized carbons (Fsp3) is 0.692. The normalized spacial score (nSPS) is 24.0. The van der Waals surface area contributed by atoms with Gasteiger partial charge in [0.15, 0.2) is 0 Å². The maximum Gasteiger partial charge on any atom is 0.140 e. The van der Waals surface area contributed by atoms with E-state index in [1.54, 1.807) is 0 Å². The Kier molecular flexibility index (Phi) is 4.40. The lowest BCUT2D eigenvalue weighted by Gasteiger charge is -2.37. The number of aliphatic hydroxyl groups is 1. The number of hydrogen-bond acceptors (Lipinski definition) is 4. The van der Waals surface area contributed by atoms with E-state index in [-0.39, 0.29) is 6.61 Å². The summed E-state index contributed by atoms with van der Waals surface area (Å²) in [5, 5.41) is 9.77. The second kappa shape index (κ2) is 5.85. The van der Waals surface area contributed by atoms with Gasteiger partial charge in [0.05, 0.1) is 12.2 Å². The van der Waals surface area contributed by atoms with E-state index in [4.69, 9.17) is 11.6 Å². The van der Waals surface area contributed by atoms with Crippen LogP contribution in [0, 0.1) is 5.92 Å². The zero-order valence-electron chi connectivity index (χ0n) is 10.9. The molecule has 1 aromatic rings. The lowest BCUT2D eigenvalue weighted by Crippen LogP contribution is -2.40. The van der Waals surface area contributed by atoms with E-state index in [2.05, 4.69) is 21.8 Å². The predicted molar refractivity (Wildman–Crippen MR) is 72.8 cm³/mol. The van der Waals surface area contributed by atoms with Crippen molar-refractivity contribution in [3.8, 4) is 0 Å². The molecule has 1 N–H and O–H groups in total. The number of aromatic nitrogens is 2. The second-order valence-corrected chi connectivity index (χ2v) is 5.42. The molecule has 5 heteroatoms. The van der Waals surface area contributed by atoms with E-state index in [0.717, 1.165) is 5.82 Å². The largest absolute Gasteiger partial charge is 0.391 e. The second-order valence-electron chi connectivity index (χ2n) is 5.06. The number of aliphatic hydroxyl groups excluding tert-OH is 1. The van der Waals surface area contributed by atoms with Crippen molar-refractivity contribution in [3.05, 3.63) is 17.0 Å². The van der Waals surface area contributed by atoms with Crippen LogP contribution in [0.4, 0.5) is 5.82 Å². The first kappa shape index (κ1) is 13.6. The smallest absolute Gasteiger partial charge is 0.140 e. The average molecular weight is 270 g/mol. The summed E-state index contributed by atoms with van der Waals surface area (Å²) in [6.07, 6.45) is 6.45. The van der Waals surface area contributed by atoms with Crippen LogP contribution in [-0.2, 0) is 6.61 Å². The van der Waals surface area contributed by atoms with Crippen LogP contribution in [0.2, 0.25) is 5.15 Å². The van der Waals surface area contributed by atoms with Gasteiger partial charge in [-0.3, -0.25) is 0 Å². The van der Waals surface area contributed by atoms with Crippen molar-refractivity contribution in [2.75, 3.05) is 11.9 Å². The van der Waals surface area contributed by atoms with Crippen molar-refractivity contribution in [1.82, 2.24) is 9.97 Å².